The fourth-order valence-electron chi connectivity index (χ4n) is 5.39. The Morgan fingerprint density at radius 3 is 2.57 bits per heavy atom. The molecule has 2 aliphatic heterocycles. The number of ether oxygens (including phenoxy) is 2. The van der Waals surface area contributed by atoms with Gasteiger partial charge in [0, 0.05) is 40.7 Å². The summed E-state index contributed by atoms with van der Waals surface area (Å²) in [5.74, 6) is 1.11. The van der Waals surface area contributed by atoms with E-state index in [9.17, 15) is 4.79 Å². The number of hydrogen-bond acceptors (Lipinski definition) is 4. The van der Waals surface area contributed by atoms with E-state index in [0.717, 1.165) is 53.0 Å². The molecule has 174 valence electrons. The molecular formula is C31H27NO3. The van der Waals surface area contributed by atoms with E-state index in [2.05, 4.69) is 73.9 Å². The van der Waals surface area contributed by atoms with Crippen molar-refractivity contribution >= 4 is 11.7 Å². The fourth-order valence-corrected chi connectivity index (χ4v) is 5.39. The molecule has 0 saturated heterocycles. The number of carbonyl (C=O) groups excluding carboxylic acids is 1. The SMILES string of the molecule is C=C1C=CC(N(CC)c2ccc3c(c2)Oc2ccc(CC)cc2C32OC(=O)c3ccccc32)=CC1. The van der Waals surface area contributed by atoms with Crippen molar-refractivity contribution in [1.82, 2.24) is 0 Å². The van der Waals surface area contributed by atoms with Gasteiger partial charge in [0.05, 0.1) is 5.56 Å². The number of aryl methyl sites for hydroxylation is 1. The molecule has 1 aliphatic carbocycles. The number of fused-ring (bicyclic) bond motifs is 6. The Kier molecular flexibility index (Phi) is 4.92. The van der Waals surface area contributed by atoms with Crippen molar-refractivity contribution in [2.45, 2.75) is 32.3 Å². The lowest BCUT2D eigenvalue weighted by atomic mass is 9.77. The summed E-state index contributed by atoms with van der Waals surface area (Å²) in [5.41, 5.74) is 6.58. The standard InChI is InChI=1S/C31H27NO3/c1-4-21-12-17-28-27(18-21)31(25-9-7-6-8-24(25)30(33)35-31)26-16-15-23(19-29(26)34-28)32(5-2)22-13-10-20(3)11-14-22/h6-10,12-19H,3-5,11H2,1-2H3. The molecule has 2 heterocycles. The summed E-state index contributed by atoms with van der Waals surface area (Å²) in [7, 11) is 0. The van der Waals surface area contributed by atoms with Crippen molar-refractivity contribution in [2.75, 3.05) is 11.4 Å². The van der Waals surface area contributed by atoms with Crippen LogP contribution in [0.15, 0.2) is 96.7 Å². The van der Waals surface area contributed by atoms with Crippen LogP contribution in [0.2, 0.25) is 0 Å². The van der Waals surface area contributed by atoms with Crippen molar-refractivity contribution in [1.29, 1.82) is 0 Å². The van der Waals surface area contributed by atoms with Crippen LogP contribution < -0.4 is 9.64 Å². The van der Waals surface area contributed by atoms with Gasteiger partial charge < -0.3 is 14.4 Å². The Hall–Kier alpha value is -4.05. The zero-order valence-electron chi connectivity index (χ0n) is 20.0. The van der Waals surface area contributed by atoms with Crippen molar-refractivity contribution in [3.05, 3.63) is 125 Å². The van der Waals surface area contributed by atoms with Crippen LogP contribution >= 0.6 is 0 Å². The van der Waals surface area contributed by atoms with Gasteiger partial charge in [0.25, 0.3) is 0 Å². The van der Waals surface area contributed by atoms with Crippen molar-refractivity contribution in [3.8, 4) is 11.5 Å². The molecule has 0 radical (unpaired) electrons. The van der Waals surface area contributed by atoms with Gasteiger partial charge in [-0.15, -0.1) is 0 Å². The van der Waals surface area contributed by atoms with E-state index < -0.39 is 5.60 Å². The number of allylic oxidation sites excluding steroid dienone is 4. The molecule has 4 nitrogen and oxygen atoms in total. The molecule has 6 rings (SSSR count). The van der Waals surface area contributed by atoms with Crippen molar-refractivity contribution in [2.24, 2.45) is 0 Å². The summed E-state index contributed by atoms with van der Waals surface area (Å²) in [5, 5.41) is 0. The van der Waals surface area contributed by atoms with Crippen LogP contribution in [0.4, 0.5) is 5.69 Å². The average molecular weight is 462 g/mol. The lowest BCUT2D eigenvalue weighted by Crippen LogP contribution is -2.33. The third-order valence-corrected chi connectivity index (χ3v) is 7.17. The number of hydrogen-bond donors (Lipinski definition) is 0. The highest BCUT2D eigenvalue weighted by Crippen LogP contribution is 2.56. The number of anilines is 1. The molecule has 1 atom stereocenters. The van der Waals surface area contributed by atoms with Gasteiger partial charge in [0.2, 0.25) is 0 Å². The summed E-state index contributed by atoms with van der Waals surface area (Å²) < 4.78 is 12.8. The lowest BCUT2D eigenvalue weighted by Gasteiger charge is -2.37. The Morgan fingerprint density at radius 2 is 1.80 bits per heavy atom. The third kappa shape index (κ3) is 3.17. The minimum Gasteiger partial charge on any atom is -0.456 e. The first-order chi connectivity index (χ1) is 17.0. The Labute approximate surface area is 205 Å². The molecule has 0 N–H and O–H groups in total. The smallest absolute Gasteiger partial charge is 0.340 e. The second-order valence-corrected chi connectivity index (χ2v) is 9.15. The zero-order valence-corrected chi connectivity index (χ0v) is 20.0. The zero-order chi connectivity index (χ0) is 24.2. The minimum absolute atomic E-state index is 0.307. The third-order valence-electron chi connectivity index (χ3n) is 7.17. The summed E-state index contributed by atoms with van der Waals surface area (Å²) >= 11 is 0. The minimum atomic E-state index is -1.03. The van der Waals surface area contributed by atoms with Gasteiger partial charge >= 0.3 is 5.97 Å². The first-order valence-corrected chi connectivity index (χ1v) is 12.2. The second kappa shape index (κ2) is 8.02. The predicted octanol–water partition coefficient (Wildman–Crippen LogP) is 7.04. The second-order valence-electron chi connectivity index (χ2n) is 9.15. The summed E-state index contributed by atoms with van der Waals surface area (Å²) in [6, 6.07) is 20.1. The van der Waals surface area contributed by atoms with Crippen LogP contribution in [0.25, 0.3) is 0 Å². The van der Waals surface area contributed by atoms with E-state index in [1.165, 1.54) is 5.56 Å². The highest BCUT2D eigenvalue weighted by Gasteiger charge is 2.53. The predicted molar refractivity (Wildman–Crippen MR) is 138 cm³/mol. The van der Waals surface area contributed by atoms with Crippen LogP contribution in [-0.4, -0.2) is 12.5 Å². The number of nitrogens with zero attached hydrogens (tertiary/aromatic N) is 1. The first-order valence-electron chi connectivity index (χ1n) is 12.2. The number of likely N-dealkylation sites (N-methyl/N-ethyl adjacent to an activating group) is 1. The normalized spacial score (nSPS) is 19.4. The van der Waals surface area contributed by atoms with Crippen LogP contribution in [0.5, 0.6) is 11.5 Å². The van der Waals surface area contributed by atoms with E-state index in [1.807, 2.05) is 30.3 Å². The summed E-state index contributed by atoms with van der Waals surface area (Å²) in [6.07, 6.45) is 8.09. The molecule has 0 saturated carbocycles. The molecule has 0 fully saturated rings. The highest BCUT2D eigenvalue weighted by molar-refractivity contribution is 5.97. The number of rotatable bonds is 4. The van der Waals surface area contributed by atoms with E-state index in [1.54, 1.807) is 0 Å². The molecule has 4 heteroatoms. The largest absolute Gasteiger partial charge is 0.456 e. The first kappa shape index (κ1) is 21.5. The number of benzene rings is 3. The molecule has 35 heavy (non-hydrogen) atoms. The highest BCUT2D eigenvalue weighted by atomic mass is 16.6. The van der Waals surface area contributed by atoms with Gasteiger partial charge in [0.15, 0.2) is 5.60 Å². The quantitative estimate of drug-likeness (QED) is 0.391. The molecule has 0 aromatic heterocycles. The molecule has 3 aliphatic rings. The van der Waals surface area contributed by atoms with Gasteiger partial charge in [0.1, 0.15) is 11.5 Å². The maximum absolute atomic E-state index is 13.1. The molecular weight excluding hydrogens is 434 g/mol. The number of esters is 1. The van der Waals surface area contributed by atoms with Gasteiger partial charge in [-0.05, 0) is 61.7 Å². The molecule has 3 aromatic carbocycles. The van der Waals surface area contributed by atoms with Gasteiger partial charge in [-0.2, -0.15) is 0 Å². The van der Waals surface area contributed by atoms with Crippen LogP contribution in [-0.2, 0) is 16.8 Å². The Morgan fingerprint density at radius 1 is 0.943 bits per heavy atom. The van der Waals surface area contributed by atoms with E-state index >= 15 is 0 Å². The monoisotopic (exact) mass is 461 g/mol. The molecule has 1 spiro atoms. The summed E-state index contributed by atoms with van der Waals surface area (Å²) in [6.45, 7) is 9.11. The maximum atomic E-state index is 13.1. The van der Waals surface area contributed by atoms with E-state index in [-0.39, 0.29) is 5.97 Å². The van der Waals surface area contributed by atoms with Crippen LogP contribution in [0, 0.1) is 0 Å². The van der Waals surface area contributed by atoms with E-state index in [4.69, 9.17) is 9.47 Å². The van der Waals surface area contributed by atoms with Gasteiger partial charge in [-0.25, -0.2) is 4.79 Å². The van der Waals surface area contributed by atoms with Crippen molar-refractivity contribution in [3.63, 3.8) is 0 Å². The fraction of sp³-hybridized carbons (Fsp3) is 0.194. The lowest BCUT2D eigenvalue weighted by molar-refractivity contribution is 0.0224. The van der Waals surface area contributed by atoms with E-state index in [0.29, 0.717) is 17.1 Å². The molecule has 3 aromatic rings. The van der Waals surface area contributed by atoms with Crippen LogP contribution in [0.3, 0.4) is 0 Å². The average Bonchev–Trinajstić information content (AvgIpc) is 3.18. The number of carbonyl (C=O) groups is 1. The molecule has 0 amide bonds. The summed E-state index contributed by atoms with van der Waals surface area (Å²) in [4.78, 5) is 15.3. The van der Waals surface area contributed by atoms with Crippen LogP contribution in [0.1, 0.15) is 52.9 Å². The topological polar surface area (TPSA) is 38.8 Å². The Bertz CT molecular complexity index is 1450. The van der Waals surface area contributed by atoms with Crippen molar-refractivity contribution < 1.29 is 14.3 Å². The maximum Gasteiger partial charge on any atom is 0.340 e. The molecule has 1 unspecified atom stereocenters. The molecule has 0 bridgehead atoms. The van der Waals surface area contributed by atoms with Gasteiger partial charge in [-0.3, -0.25) is 0 Å². The Balaban J connectivity index is 1.55. The van der Waals surface area contributed by atoms with Gasteiger partial charge in [-0.1, -0.05) is 55.5 Å².